The summed E-state index contributed by atoms with van der Waals surface area (Å²) in [5.41, 5.74) is -3.68. The molecule has 6 aromatic rings. The third kappa shape index (κ3) is 3.32. The molecule has 0 saturated carbocycles. The fourth-order valence-electron chi connectivity index (χ4n) is 6.48. The first-order valence-electron chi connectivity index (χ1n) is 12.9. The van der Waals surface area contributed by atoms with Gasteiger partial charge in [0, 0.05) is 16.3 Å². The fraction of sp³-hybridized carbons (Fsp3) is 0. The van der Waals surface area contributed by atoms with Gasteiger partial charge >= 0.3 is 6.28 Å². The van der Waals surface area contributed by atoms with E-state index in [1.165, 1.54) is 35.0 Å². The van der Waals surface area contributed by atoms with Gasteiger partial charge in [-0.25, -0.2) is 43.9 Å². The Bertz CT molecular complexity index is 2080. The highest BCUT2D eigenvalue weighted by atomic mass is 19.2. The Morgan fingerprint density at radius 1 is 0.432 bits per heavy atom. The van der Waals surface area contributed by atoms with Crippen LogP contribution in [0, 0.1) is 58.2 Å². The Morgan fingerprint density at radius 3 is 1.25 bits per heavy atom. The van der Waals surface area contributed by atoms with Crippen LogP contribution in [0.4, 0.5) is 43.9 Å². The van der Waals surface area contributed by atoms with Gasteiger partial charge in [-0.1, -0.05) is 60.7 Å². The zero-order valence-corrected chi connectivity index (χ0v) is 21.8. The average molecular weight is 614 g/mol. The quantitative estimate of drug-likeness (QED) is 0.0992. The summed E-state index contributed by atoms with van der Waals surface area (Å²) in [6.45, 7) is 0. The number of fused-ring (bicyclic) bond motifs is 4. The van der Waals surface area contributed by atoms with Crippen molar-refractivity contribution in [3.05, 3.63) is 137 Å². The first kappa shape index (κ1) is 27.7. The molecule has 1 aliphatic heterocycles. The van der Waals surface area contributed by atoms with Gasteiger partial charge in [-0.15, -0.1) is 5.46 Å². The SMILES string of the molecule is Fc1c(F)c(F)c([B-]2(c3c(F)c(F)c(F)c(F)c3F)c3ccccc3C=[N+]2n2c3ccccc3c3ccccc32)c(F)c1F. The second-order valence-corrected chi connectivity index (χ2v) is 10.3. The molecule has 2 heterocycles. The Kier molecular flexibility index (Phi) is 5.97. The van der Waals surface area contributed by atoms with E-state index in [1.54, 1.807) is 36.4 Å². The molecule has 13 heteroatoms. The second-order valence-electron chi connectivity index (χ2n) is 10.3. The van der Waals surface area contributed by atoms with Crippen molar-refractivity contribution in [2.75, 3.05) is 0 Å². The Morgan fingerprint density at radius 2 is 0.795 bits per heavy atom. The minimum atomic E-state index is -4.47. The molecule has 0 atom stereocenters. The van der Waals surface area contributed by atoms with Crippen molar-refractivity contribution < 1.29 is 48.5 Å². The summed E-state index contributed by atoms with van der Waals surface area (Å²) in [7, 11) is 0. The smallest absolute Gasteiger partial charge is 0.313 e. The molecule has 0 fully saturated rings. The van der Waals surface area contributed by atoms with E-state index in [0.717, 1.165) is 16.9 Å². The van der Waals surface area contributed by atoms with E-state index in [9.17, 15) is 26.3 Å². The van der Waals surface area contributed by atoms with E-state index < -0.39 is 80.8 Å². The Balaban J connectivity index is 1.81. The standard InChI is InChI=1S/C31H13BF10N2/c33-22-20(23(34)27(38)30(41)26(22)37)32(21-24(35)28(39)31(42)29(40)25(21)36)17-10-4-1-7-14(17)13-43(32)44-18-11-5-2-8-15(18)16-9-3-6-12-19(16)44/h1-13H. The molecule has 0 bridgehead atoms. The van der Waals surface area contributed by atoms with Crippen molar-refractivity contribution in [1.29, 1.82) is 0 Å². The molecule has 0 aliphatic carbocycles. The summed E-state index contributed by atoms with van der Waals surface area (Å²) < 4.78 is 154. The lowest BCUT2D eigenvalue weighted by atomic mass is 9.24. The molecule has 0 amide bonds. The molecule has 2 nitrogen and oxygen atoms in total. The topological polar surface area (TPSA) is 7.94 Å². The molecule has 220 valence electrons. The molecule has 0 radical (unpaired) electrons. The van der Waals surface area contributed by atoms with Crippen LogP contribution in [0.5, 0.6) is 0 Å². The van der Waals surface area contributed by atoms with Crippen LogP contribution in [-0.2, 0) is 0 Å². The maximum atomic E-state index is 16.0. The third-order valence-corrected chi connectivity index (χ3v) is 8.22. The van der Waals surface area contributed by atoms with Gasteiger partial charge in [-0.05, 0) is 23.1 Å². The number of hydrogen-bond acceptors (Lipinski definition) is 0. The number of hydrogen-bond donors (Lipinski definition) is 0. The van der Waals surface area contributed by atoms with Crippen LogP contribution in [0.2, 0.25) is 0 Å². The van der Waals surface area contributed by atoms with Crippen LogP contribution in [0.15, 0.2) is 72.8 Å². The van der Waals surface area contributed by atoms with Gasteiger partial charge in [0.15, 0.2) is 34.9 Å². The van der Waals surface area contributed by atoms with Gasteiger partial charge in [-0.2, -0.15) is 4.68 Å². The first-order valence-corrected chi connectivity index (χ1v) is 12.9. The average Bonchev–Trinajstić information content (AvgIpc) is 3.54. The molecule has 44 heavy (non-hydrogen) atoms. The van der Waals surface area contributed by atoms with Gasteiger partial charge in [0.05, 0.1) is 0 Å². The molecule has 0 spiro atoms. The largest absolute Gasteiger partial charge is 0.395 e. The highest BCUT2D eigenvalue weighted by Crippen LogP contribution is 2.33. The maximum absolute atomic E-state index is 16.0. The molecule has 0 N–H and O–H groups in total. The van der Waals surface area contributed by atoms with Crippen molar-refractivity contribution in [2.24, 2.45) is 0 Å². The van der Waals surface area contributed by atoms with Crippen molar-refractivity contribution >= 4 is 50.7 Å². The highest BCUT2D eigenvalue weighted by Gasteiger charge is 2.58. The van der Waals surface area contributed by atoms with Gasteiger partial charge in [0.1, 0.15) is 40.5 Å². The summed E-state index contributed by atoms with van der Waals surface area (Å²) in [5, 5.41) is 0.985. The predicted octanol–water partition coefficient (Wildman–Crippen LogP) is 6.06. The second kappa shape index (κ2) is 9.47. The van der Waals surface area contributed by atoms with Crippen LogP contribution in [0.25, 0.3) is 21.8 Å². The van der Waals surface area contributed by atoms with E-state index in [1.807, 2.05) is 0 Å². The van der Waals surface area contributed by atoms with E-state index in [-0.39, 0.29) is 16.6 Å². The highest BCUT2D eigenvalue weighted by molar-refractivity contribution is 7.07. The van der Waals surface area contributed by atoms with Crippen molar-refractivity contribution in [3.63, 3.8) is 0 Å². The summed E-state index contributed by atoms with van der Waals surface area (Å²) in [6.07, 6.45) is -3.36. The van der Waals surface area contributed by atoms with Gasteiger partial charge < -0.3 is 4.60 Å². The number of aromatic nitrogens is 1. The zero-order valence-electron chi connectivity index (χ0n) is 21.8. The van der Waals surface area contributed by atoms with Crippen LogP contribution in [0.3, 0.4) is 0 Å². The summed E-state index contributed by atoms with van der Waals surface area (Å²) in [6, 6.07) is 17.7. The lowest BCUT2D eigenvalue weighted by molar-refractivity contribution is -0.442. The van der Waals surface area contributed by atoms with Gasteiger partial charge in [0.25, 0.3) is 0 Å². The molecular formula is C31H13BF10N2. The molecule has 1 aliphatic rings. The van der Waals surface area contributed by atoms with E-state index in [2.05, 4.69) is 0 Å². The van der Waals surface area contributed by atoms with Crippen LogP contribution in [0.1, 0.15) is 5.56 Å². The maximum Gasteiger partial charge on any atom is 0.395 e. The monoisotopic (exact) mass is 614 g/mol. The van der Waals surface area contributed by atoms with Crippen LogP contribution >= 0.6 is 0 Å². The Hall–Kier alpha value is -5.07. The zero-order chi connectivity index (χ0) is 31.2. The lowest BCUT2D eigenvalue weighted by Crippen LogP contribution is -2.76. The van der Waals surface area contributed by atoms with Gasteiger partial charge in [0.2, 0.25) is 0 Å². The van der Waals surface area contributed by atoms with E-state index in [4.69, 9.17) is 0 Å². The molecular weight excluding hydrogens is 601 g/mol. The third-order valence-electron chi connectivity index (χ3n) is 8.22. The van der Waals surface area contributed by atoms with Crippen LogP contribution in [-0.4, -0.2) is 21.8 Å². The number of rotatable bonds is 3. The molecule has 5 aromatic carbocycles. The summed E-state index contributed by atoms with van der Waals surface area (Å²) in [5.74, 6) is -25.1. The number of nitrogens with zero attached hydrogens (tertiary/aromatic N) is 2. The normalized spacial score (nSPS) is 14.0. The molecule has 1 aromatic heterocycles. The fourth-order valence-corrected chi connectivity index (χ4v) is 6.48. The van der Waals surface area contributed by atoms with Crippen molar-refractivity contribution in [2.45, 2.75) is 0 Å². The first-order chi connectivity index (χ1) is 21.0. The van der Waals surface area contributed by atoms with Crippen LogP contribution < -0.4 is 16.4 Å². The number of para-hydroxylation sites is 2. The summed E-state index contributed by atoms with van der Waals surface area (Å²) >= 11 is 0. The Labute approximate surface area is 240 Å². The van der Waals surface area contributed by atoms with Crippen molar-refractivity contribution in [1.82, 2.24) is 4.68 Å². The molecule has 0 unspecified atom stereocenters. The van der Waals surface area contributed by atoms with E-state index >= 15 is 17.6 Å². The minimum Gasteiger partial charge on any atom is -0.313 e. The minimum absolute atomic E-state index is 0.0535. The molecule has 7 rings (SSSR count). The van der Waals surface area contributed by atoms with Crippen molar-refractivity contribution in [3.8, 4) is 0 Å². The summed E-state index contributed by atoms with van der Waals surface area (Å²) in [4.78, 5) is 0. The lowest BCUT2D eigenvalue weighted by Gasteiger charge is -2.36. The number of benzene rings is 5. The number of halogens is 10. The predicted molar refractivity (Wildman–Crippen MR) is 144 cm³/mol. The molecule has 0 saturated heterocycles. The van der Waals surface area contributed by atoms with E-state index in [0.29, 0.717) is 10.8 Å². The van der Waals surface area contributed by atoms with Gasteiger partial charge in [-0.3, -0.25) is 0 Å².